The van der Waals surface area contributed by atoms with Crippen molar-refractivity contribution in [2.75, 3.05) is 39.8 Å². The van der Waals surface area contributed by atoms with Crippen molar-refractivity contribution in [2.24, 2.45) is 5.92 Å². The second kappa shape index (κ2) is 7.36. The molecule has 1 unspecified atom stereocenters. The summed E-state index contributed by atoms with van der Waals surface area (Å²) in [7, 11) is 1.77. The Balaban J connectivity index is 2.32. The molecule has 0 spiro atoms. The van der Waals surface area contributed by atoms with Gasteiger partial charge in [-0.25, -0.2) is 0 Å². The molecule has 0 aromatic rings. The molecule has 1 rings (SSSR count). The lowest BCUT2D eigenvalue weighted by atomic mass is 10.0. The largest absolute Gasteiger partial charge is 0.465 e. The van der Waals surface area contributed by atoms with Crippen molar-refractivity contribution in [3.05, 3.63) is 0 Å². The predicted octanol–water partition coefficient (Wildman–Crippen LogP) is 0.740. The SMILES string of the molecule is CCOC(=O)CN(C)CC(=O)N1CCCC(C)C1. The lowest BCUT2D eigenvalue weighted by molar-refractivity contribution is -0.144. The predicted molar refractivity (Wildman–Crippen MR) is 69.1 cm³/mol. The second-order valence-corrected chi connectivity index (χ2v) is 5.06. The molecule has 0 radical (unpaired) electrons. The van der Waals surface area contributed by atoms with E-state index in [9.17, 15) is 9.59 Å². The summed E-state index contributed by atoms with van der Waals surface area (Å²) in [6.07, 6.45) is 2.27. The third-order valence-electron chi connectivity index (χ3n) is 3.12. The molecule has 1 atom stereocenters. The van der Waals surface area contributed by atoms with E-state index in [0.29, 0.717) is 12.5 Å². The maximum Gasteiger partial charge on any atom is 0.320 e. The molecule has 18 heavy (non-hydrogen) atoms. The topological polar surface area (TPSA) is 49.9 Å². The molecule has 0 aliphatic carbocycles. The van der Waals surface area contributed by atoms with Gasteiger partial charge >= 0.3 is 5.97 Å². The van der Waals surface area contributed by atoms with Gasteiger partial charge in [0.25, 0.3) is 0 Å². The standard InChI is InChI=1S/C13H24N2O3/c1-4-18-13(17)10-14(3)9-12(16)15-7-5-6-11(2)8-15/h11H,4-10H2,1-3H3. The number of carbonyl (C=O) groups excluding carboxylic acids is 2. The van der Waals surface area contributed by atoms with Crippen LogP contribution in [0, 0.1) is 5.92 Å². The van der Waals surface area contributed by atoms with Crippen LogP contribution in [0.5, 0.6) is 0 Å². The van der Waals surface area contributed by atoms with Crippen molar-refractivity contribution in [1.82, 2.24) is 9.80 Å². The van der Waals surface area contributed by atoms with E-state index in [4.69, 9.17) is 4.74 Å². The van der Waals surface area contributed by atoms with Crippen molar-refractivity contribution in [3.8, 4) is 0 Å². The number of likely N-dealkylation sites (tertiary alicyclic amines) is 1. The molecular formula is C13H24N2O3. The van der Waals surface area contributed by atoms with Crippen LogP contribution in [0.4, 0.5) is 0 Å². The van der Waals surface area contributed by atoms with Gasteiger partial charge in [-0.05, 0) is 32.7 Å². The van der Waals surface area contributed by atoms with Gasteiger partial charge < -0.3 is 9.64 Å². The Hall–Kier alpha value is -1.10. The van der Waals surface area contributed by atoms with Crippen LogP contribution in [0.3, 0.4) is 0 Å². The summed E-state index contributed by atoms with van der Waals surface area (Å²) < 4.78 is 4.85. The van der Waals surface area contributed by atoms with Crippen molar-refractivity contribution < 1.29 is 14.3 Å². The first-order chi connectivity index (χ1) is 8.52. The number of rotatable bonds is 5. The van der Waals surface area contributed by atoms with E-state index in [1.54, 1.807) is 18.9 Å². The van der Waals surface area contributed by atoms with E-state index in [2.05, 4.69) is 6.92 Å². The van der Waals surface area contributed by atoms with Crippen molar-refractivity contribution in [3.63, 3.8) is 0 Å². The Morgan fingerprint density at radius 3 is 2.72 bits per heavy atom. The quantitative estimate of drug-likeness (QED) is 0.681. The summed E-state index contributed by atoms with van der Waals surface area (Å²) in [4.78, 5) is 26.9. The summed E-state index contributed by atoms with van der Waals surface area (Å²) in [5.41, 5.74) is 0. The number of amides is 1. The van der Waals surface area contributed by atoms with Crippen LogP contribution in [0.2, 0.25) is 0 Å². The Kier molecular flexibility index (Phi) is 6.12. The van der Waals surface area contributed by atoms with Gasteiger partial charge in [0.05, 0.1) is 19.7 Å². The lowest BCUT2D eigenvalue weighted by Gasteiger charge is -2.32. The Labute approximate surface area is 109 Å². The van der Waals surface area contributed by atoms with Gasteiger partial charge in [0.15, 0.2) is 0 Å². The van der Waals surface area contributed by atoms with Crippen LogP contribution in [0.25, 0.3) is 0 Å². The zero-order valence-corrected chi connectivity index (χ0v) is 11.6. The Bertz CT molecular complexity index is 294. The number of esters is 1. The molecule has 5 nitrogen and oxygen atoms in total. The highest BCUT2D eigenvalue weighted by Crippen LogP contribution is 2.15. The lowest BCUT2D eigenvalue weighted by Crippen LogP contribution is -2.44. The first-order valence-electron chi connectivity index (χ1n) is 6.64. The molecule has 1 amide bonds. The smallest absolute Gasteiger partial charge is 0.320 e. The van der Waals surface area contributed by atoms with Crippen LogP contribution < -0.4 is 0 Å². The molecule has 0 bridgehead atoms. The molecule has 5 heteroatoms. The molecule has 1 heterocycles. The summed E-state index contributed by atoms with van der Waals surface area (Å²) in [5, 5.41) is 0. The number of piperidine rings is 1. The van der Waals surface area contributed by atoms with Crippen LogP contribution in [-0.4, -0.2) is 61.5 Å². The minimum Gasteiger partial charge on any atom is -0.465 e. The minimum absolute atomic E-state index is 0.105. The van der Waals surface area contributed by atoms with Gasteiger partial charge in [-0.1, -0.05) is 6.92 Å². The summed E-state index contributed by atoms with van der Waals surface area (Å²) in [6.45, 7) is 6.46. The molecule has 1 saturated heterocycles. The maximum atomic E-state index is 12.0. The molecule has 0 N–H and O–H groups in total. The highest BCUT2D eigenvalue weighted by molar-refractivity contribution is 5.79. The average Bonchev–Trinajstić information content (AvgIpc) is 2.28. The van der Waals surface area contributed by atoms with Gasteiger partial charge in [0.2, 0.25) is 5.91 Å². The average molecular weight is 256 g/mol. The summed E-state index contributed by atoms with van der Waals surface area (Å²) >= 11 is 0. The van der Waals surface area contributed by atoms with Crippen LogP contribution >= 0.6 is 0 Å². The van der Waals surface area contributed by atoms with Gasteiger partial charge in [0.1, 0.15) is 0 Å². The minimum atomic E-state index is -0.278. The van der Waals surface area contributed by atoms with Gasteiger partial charge in [-0.2, -0.15) is 0 Å². The molecule has 0 aromatic heterocycles. The third kappa shape index (κ3) is 5.04. The van der Waals surface area contributed by atoms with E-state index in [-0.39, 0.29) is 25.0 Å². The number of nitrogens with zero attached hydrogens (tertiary/aromatic N) is 2. The molecule has 104 valence electrons. The summed E-state index contributed by atoms with van der Waals surface area (Å²) in [5.74, 6) is 0.409. The number of hydrogen-bond acceptors (Lipinski definition) is 4. The van der Waals surface area contributed by atoms with Crippen LogP contribution in [0.1, 0.15) is 26.7 Å². The highest BCUT2D eigenvalue weighted by atomic mass is 16.5. The molecule has 1 aliphatic heterocycles. The van der Waals surface area contributed by atoms with Gasteiger partial charge in [-0.15, -0.1) is 0 Å². The van der Waals surface area contributed by atoms with E-state index < -0.39 is 0 Å². The third-order valence-corrected chi connectivity index (χ3v) is 3.12. The normalized spacial score (nSPS) is 20.0. The van der Waals surface area contributed by atoms with E-state index >= 15 is 0 Å². The van der Waals surface area contributed by atoms with E-state index in [1.165, 1.54) is 6.42 Å². The first kappa shape index (κ1) is 15.0. The number of hydrogen-bond donors (Lipinski definition) is 0. The van der Waals surface area contributed by atoms with Crippen LogP contribution in [0.15, 0.2) is 0 Å². The van der Waals surface area contributed by atoms with E-state index in [1.807, 2.05) is 4.90 Å². The zero-order chi connectivity index (χ0) is 13.5. The van der Waals surface area contributed by atoms with Crippen LogP contribution in [-0.2, 0) is 14.3 Å². The Morgan fingerprint density at radius 2 is 2.11 bits per heavy atom. The fourth-order valence-corrected chi connectivity index (χ4v) is 2.23. The fraction of sp³-hybridized carbons (Fsp3) is 0.846. The fourth-order valence-electron chi connectivity index (χ4n) is 2.23. The van der Waals surface area contributed by atoms with Crippen molar-refractivity contribution in [1.29, 1.82) is 0 Å². The molecular weight excluding hydrogens is 232 g/mol. The van der Waals surface area contributed by atoms with Gasteiger partial charge in [0, 0.05) is 13.1 Å². The first-order valence-corrected chi connectivity index (χ1v) is 6.64. The maximum absolute atomic E-state index is 12.0. The number of likely N-dealkylation sites (N-methyl/N-ethyl adjacent to an activating group) is 1. The zero-order valence-electron chi connectivity index (χ0n) is 11.6. The summed E-state index contributed by atoms with van der Waals surface area (Å²) in [6, 6.07) is 0. The van der Waals surface area contributed by atoms with Crippen molar-refractivity contribution in [2.45, 2.75) is 26.7 Å². The number of carbonyl (C=O) groups is 2. The molecule has 1 aliphatic rings. The molecule has 0 aromatic carbocycles. The van der Waals surface area contributed by atoms with E-state index in [0.717, 1.165) is 19.5 Å². The molecule has 1 fully saturated rings. The Morgan fingerprint density at radius 1 is 1.39 bits per heavy atom. The van der Waals surface area contributed by atoms with Gasteiger partial charge in [-0.3, -0.25) is 14.5 Å². The van der Waals surface area contributed by atoms with Crippen molar-refractivity contribution >= 4 is 11.9 Å². The number of ether oxygens (including phenoxy) is 1. The highest BCUT2D eigenvalue weighted by Gasteiger charge is 2.22. The second-order valence-electron chi connectivity index (χ2n) is 5.06. The monoisotopic (exact) mass is 256 g/mol. The molecule has 0 saturated carbocycles.